The first-order valence-corrected chi connectivity index (χ1v) is 15.7. The number of piperazine rings is 1. The van der Waals surface area contributed by atoms with Gasteiger partial charge in [-0.2, -0.15) is 0 Å². The molecule has 0 radical (unpaired) electrons. The Kier molecular flexibility index (Phi) is 8.33. The number of aromatic nitrogens is 1. The van der Waals surface area contributed by atoms with E-state index >= 15 is 0 Å². The number of nitrogens with zero attached hydrogens (tertiary/aromatic N) is 3. The SMILES string of the molecule is CC(C)(C)OC(=O)N1CCN(C(=O)C2CCC(NS(=O)(=O)c3cnc4ccccc4c3)CC2)C(c2ccccc2)C1. The number of hydrogen-bond acceptors (Lipinski definition) is 6. The molecule has 2 aromatic carbocycles. The zero-order valence-electron chi connectivity index (χ0n) is 23.8. The van der Waals surface area contributed by atoms with Crippen LogP contribution in [-0.2, 0) is 19.6 Å². The van der Waals surface area contributed by atoms with Gasteiger partial charge in [0.05, 0.1) is 11.6 Å². The van der Waals surface area contributed by atoms with Crippen LogP contribution in [0, 0.1) is 5.92 Å². The maximum atomic E-state index is 13.8. The molecule has 1 aliphatic carbocycles. The largest absolute Gasteiger partial charge is 0.444 e. The summed E-state index contributed by atoms with van der Waals surface area (Å²) in [5.74, 6) is -0.139. The van der Waals surface area contributed by atoms with E-state index in [1.807, 2.05) is 80.3 Å². The lowest BCUT2D eigenvalue weighted by Crippen LogP contribution is -2.54. The normalized spacial score (nSPS) is 22.0. The molecular formula is C31H38N4O5S. The number of pyridine rings is 1. The fourth-order valence-electron chi connectivity index (χ4n) is 5.68. The zero-order valence-corrected chi connectivity index (χ0v) is 24.6. The van der Waals surface area contributed by atoms with Crippen molar-refractivity contribution in [1.29, 1.82) is 0 Å². The molecule has 2 aliphatic rings. The van der Waals surface area contributed by atoms with Crippen LogP contribution in [0.4, 0.5) is 4.79 Å². The van der Waals surface area contributed by atoms with Crippen molar-refractivity contribution >= 4 is 32.9 Å². The van der Waals surface area contributed by atoms with Crippen molar-refractivity contribution in [2.75, 3.05) is 19.6 Å². The Bertz CT molecular complexity index is 1500. The van der Waals surface area contributed by atoms with Crippen LogP contribution in [0.1, 0.15) is 58.1 Å². The van der Waals surface area contributed by atoms with Crippen LogP contribution in [0.5, 0.6) is 0 Å². The molecule has 2 amide bonds. The Hall–Kier alpha value is -3.50. The predicted octanol–water partition coefficient (Wildman–Crippen LogP) is 4.89. The first-order chi connectivity index (χ1) is 19.5. The quantitative estimate of drug-likeness (QED) is 0.462. The van der Waals surface area contributed by atoms with Gasteiger partial charge < -0.3 is 14.5 Å². The van der Waals surface area contributed by atoms with Crippen LogP contribution in [-0.4, -0.2) is 66.5 Å². The number of rotatable bonds is 5. The van der Waals surface area contributed by atoms with Crippen LogP contribution < -0.4 is 4.72 Å². The van der Waals surface area contributed by atoms with Crippen molar-refractivity contribution < 1.29 is 22.7 Å². The standard InChI is InChI=1S/C31H38N4O5S/c1-31(2,3)40-30(37)34-17-18-35(28(21-34)22-9-5-4-6-10-22)29(36)23-13-15-25(16-14-23)33-41(38,39)26-19-24-11-7-8-12-27(24)32-20-26/h4-12,19-20,23,25,28,33H,13-18,21H2,1-3H3. The average molecular weight is 579 g/mol. The Morgan fingerprint density at radius 1 is 0.951 bits per heavy atom. The summed E-state index contributed by atoms with van der Waals surface area (Å²) in [4.78, 5) is 34.7. The summed E-state index contributed by atoms with van der Waals surface area (Å²) in [6, 6.07) is 18.3. The van der Waals surface area contributed by atoms with E-state index in [0.717, 1.165) is 16.5 Å². The van der Waals surface area contributed by atoms with E-state index < -0.39 is 15.6 Å². The molecular weight excluding hydrogens is 540 g/mol. The molecule has 5 rings (SSSR count). The van der Waals surface area contributed by atoms with E-state index in [9.17, 15) is 18.0 Å². The molecule has 10 heteroatoms. The van der Waals surface area contributed by atoms with E-state index in [2.05, 4.69) is 9.71 Å². The van der Waals surface area contributed by atoms with Gasteiger partial charge in [0, 0.05) is 43.2 Å². The Labute approximate surface area is 241 Å². The van der Waals surface area contributed by atoms with Crippen molar-refractivity contribution in [3.63, 3.8) is 0 Å². The maximum Gasteiger partial charge on any atom is 0.410 e. The Balaban J connectivity index is 1.23. The van der Waals surface area contributed by atoms with Gasteiger partial charge in [0.2, 0.25) is 15.9 Å². The van der Waals surface area contributed by atoms with Crippen LogP contribution >= 0.6 is 0 Å². The topological polar surface area (TPSA) is 109 Å². The van der Waals surface area contributed by atoms with Gasteiger partial charge in [0.1, 0.15) is 10.5 Å². The van der Waals surface area contributed by atoms with E-state index in [4.69, 9.17) is 4.74 Å². The van der Waals surface area contributed by atoms with E-state index in [1.54, 1.807) is 11.0 Å². The summed E-state index contributed by atoms with van der Waals surface area (Å²) < 4.78 is 34.7. The van der Waals surface area contributed by atoms with Crippen LogP contribution in [0.2, 0.25) is 0 Å². The third kappa shape index (κ3) is 6.87. The van der Waals surface area contributed by atoms with Gasteiger partial charge >= 0.3 is 6.09 Å². The van der Waals surface area contributed by atoms with Crippen molar-refractivity contribution in [2.24, 2.45) is 5.92 Å². The number of fused-ring (bicyclic) bond motifs is 1. The highest BCUT2D eigenvalue weighted by Gasteiger charge is 2.39. The van der Waals surface area contributed by atoms with Crippen molar-refractivity contribution in [3.05, 3.63) is 72.4 Å². The molecule has 3 aromatic rings. The number of hydrogen-bond donors (Lipinski definition) is 1. The maximum absolute atomic E-state index is 13.8. The molecule has 9 nitrogen and oxygen atoms in total. The van der Waals surface area contributed by atoms with Gasteiger partial charge in [0.15, 0.2) is 0 Å². The summed E-state index contributed by atoms with van der Waals surface area (Å²) in [5.41, 5.74) is 1.11. The highest BCUT2D eigenvalue weighted by molar-refractivity contribution is 7.89. The minimum Gasteiger partial charge on any atom is -0.444 e. The number of para-hydroxylation sites is 1. The molecule has 218 valence electrons. The highest BCUT2D eigenvalue weighted by Crippen LogP contribution is 2.33. The minimum absolute atomic E-state index is 0.0581. The fourth-order valence-corrected chi connectivity index (χ4v) is 6.96. The smallest absolute Gasteiger partial charge is 0.410 e. The first kappa shape index (κ1) is 29.0. The van der Waals surface area contributed by atoms with Crippen LogP contribution in [0.15, 0.2) is 71.8 Å². The van der Waals surface area contributed by atoms with Crippen molar-refractivity contribution in [2.45, 2.75) is 69.0 Å². The van der Waals surface area contributed by atoms with Gasteiger partial charge in [-0.1, -0.05) is 48.5 Å². The second kappa shape index (κ2) is 11.8. The zero-order chi connectivity index (χ0) is 29.2. The molecule has 2 heterocycles. The predicted molar refractivity (Wildman–Crippen MR) is 157 cm³/mol. The minimum atomic E-state index is -3.74. The lowest BCUT2D eigenvalue weighted by molar-refractivity contribution is -0.142. The number of amides is 2. The van der Waals surface area contributed by atoms with Crippen LogP contribution in [0.25, 0.3) is 10.9 Å². The second-order valence-corrected chi connectivity index (χ2v) is 13.6. The molecule has 1 aromatic heterocycles. The van der Waals surface area contributed by atoms with Gasteiger partial charge in [0.25, 0.3) is 0 Å². The number of benzene rings is 2. The molecule has 1 unspecified atom stereocenters. The summed E-state index contributed by atoms with van der Waals surface area (Å²) >= 11 is 0. The molecule has 2 fully saturated rings. The molecule has 1 N–H and O–H groups in total. The lowest BCUT2D eigenvalue weighted by atomic mass is 9.85. The summed E-state index contributed by atoms with van der Waals surface area (Å²) in [5, 5.41) is 0.768. The molecule has 1 atom stereocenters. The molecule has 41 heavy (non-hydrogen) atoms. The lowest BCUT2D eigenvalue weighted by Gasteiger charge is -2.43. The van der Waals surface area contributed by atoms with E-state index in [-0.39, 0.29) is 34.9 Å². The molecule has 0 spiro atoms. The van der Waals surface area contributed by atoms with Gasteiger partial charge in [-0.25, -0.2) is 17.9 Å². The molecule has 0 bridgehead atoms. The number of carbonyl (C=O) groups excluding carboxylic acids is 2. The number of sulfonamides is 1. The van der Waals surface area contributed by atoms with Crippen molar-refractivity contribution in [3.8, 4) is 0 Å². The van der Waals surface area contributed by atoms with Gasteiger partial charge in [-0.05, 0) is 64.2 Å². The van der Waals surface area contributed by atoms with Crippen molar-refractivity contribution in [1.82, 2.24) is 19.5 Å². The van der Waals surface area contributed by atoms with Crippen LogP contribution in [0.3, 0.4) is 0 Å². The van der Waals surface area contributed by atoms with E-state index in [0.29, 0.717) is 45.3 Å². The average Bonchev–Trinajstić information content (AvgIpc) is 2.96. The summed E-state index contributed by atoms with van der Waals surface area (Å²) in [6.07, 6.45) is 3.35. The van der Waals surface area contributed by atoms with E-state index in [1.165, 1.54) is 6.20 Å². The summed E-state index contributed by atoms with van der Waals surface area (Å²) in [7, 11) is -3.74. The third-order valence-corrected chi connectivity index (χ3v) is 9.26. The van der Waals surface area contributed by atoms with Gasteiger partial charge in [-0.3, -0.25) is 9.78 Å². The second-order valence-electron chi connectivity index (χ2n) is 11.9. The Morgan fingerprint density at radius 3 is 2.34 bits per heavy atom. The molecule has 1 saturated carbocycles. The monoisotopic (exact) mass is 578 g/mol. The molecule has 1 aliphatic heterocycles. The van der Waals surface area contributed by atoms with Gasteiger partial charge in [-0.15, -0.1) is 0 Å². The fraction of sp³-hybridized carbons (Fsp3) is 0.452. The number of nitrogens with one attached hydrogen (secondary N) is 1. The number of carbonyl (C=O) groups is 2. The molecule has 1 saturated heterocycles. The summed E-state index contributed by atoms with van der Waals surface area (Å²) in [6.45, 7) is 6.70. The third-order valence-electron chi connectivity index (χ3n) is 7.77. The highest BCUT2D eigenvalue weighted by atomic mass is 32.2. The number of ether oxygens (including phenoxy) is 1. The Morgan fingerprint density at radius 2 is 1.63 bits per heavy atom. The first-order valence-electron chi connectivity index (χ1n) is 14.2.